The Morgan fingerprint density at radius 2 is 1.93 bits per heavy atom. The summed E-state index contributed by atoms with van der Waals surface area (Å²) in [6.45, 7) is 7.86. The van der Waals surface area contributed by atoms with Crippen molar-refractivity contribution in [2.45, 2.75) is 58.0 Å². The molecular formula is C13H25NO. The fourth-order valence-corrected chi connectivity index (χ4v) is 2.81. The van der Waals surface area contributed by atoms with Crippen LogP contribution in [0.3, 0.4) is 0 Å². The zero-order valence-electron chi connectivity index (χ0n) is 10.3. The molecule has 2 heterocycles. The summed E-state index contributed by atoms with van der Waals surface area (Å²) in [6, 6.07) is 0. The highest BCUT2D eigenvalue weighted by Gasteiger charge is 2.46. The van der Waals surface area contributed by atoms with Gasteiger partial charge in [0.05, 0.1) is 12.2 Å². The predicted molar refractivity (Wildman–Crippen MR) is 63.0 cm³/mol. The van der Waals surface area contributed by atoms with E-state index in [0.29, 0.717) is 5.41 Å². The Morgan fingerprint density at radius 3 is 2.47 bits per heavy atom. The van der Waals surface area contributed by atoms with Crippen molar-refractivity contribution in [1.29, 1.82) is 0 Å². The van der Waals surface area contributed by atoms with Crippen LogP contribution in [0.5, 0.6) is 0 Å². The molecule has 2 aliphatic heterocycles. The van der Waals surface area contributed by atoms with Crippen molar-refractivity contribution in [3.05, 3.63) is 0 Å². The van der Waals surface area contributed by atoms with Crippen molar-refractivity contribution in [3.8, 4) is 0 Å². The van der Waals surface area contributed by atoms with Crippen molar-refractivity contribution < 1.29 is 4.74 Å². The molecule has 1 saturated carbocycles. The van der Waals surface area contributed by atoms with Gasteiger partial charge in [-0.3, -0.25) is 0 Å². The van der Waals surface area contributed by atoms with Gasteiger partial charge in [0.15, 0.2) is 0 Å². The first-order chi connectivity index (χ1) is 7.18. The van der Waals surface area contributed by atoms with E-state index in [2.05, 4.69) is 19.2 Å². The summed E-state index contributed by atoms with van der Waals surface area (Å²) in [5.41, 5.74) is 0.705. The summed E-state index contributed by atoms with van der Waals surface area (Å²) < 4.78 is 5.98. The van der Waals surface area contributed by atoms with E-state index in [0.717, 1.165) is 6.61 Å². The first-order valence-electron chi connectivity index (χ1n) is 6.53. The van der Waals surface area contributed by atoms with Crippen LogP contribution < -0.4 is 5.32 Å². The SMILES string of the molecule is CCCCNCC12CCC(C)(CC1)OC2. The van der Waals surface area contributed by atoms with E-state index in [1.807, 2.05) is 0 Å². The van der Waals surface area contributed by atoms with Crippen LogP contribution in [0.1, 0.15) is 52.4 Å². The molecule has 0 spiro atoms. The molecule has 0 aromatic carbocycles. The van der Waals surface area contributed by atoms with Gasteiger partial charge in [0.2, 0.25) is 0 Å². The van der Waals surface area contributed by atoms with E-state index in [9.17, 15) is 0 Å². The fourth-order valence-electron chi connectivity index (χ4n) is 2.81. The van der Waals surface area contributed by atoms with E-state index in [-0.39, 0.29) is 5.60 Å². The molecule has 1 N–H and O–H groups in total. The van der Waals surface area contributed by atoms with Crippen molar-refractivity contribution in [1.82, 2.24) is 5.32 Å². The standard InChI is InChI=1S/C13H25NO/c1-3-4-9-14-10-13-7-5-12(2,6-8-13)15-11-13/h14H,3-11H2,1-2H3. The summed E-state index contributed by atoms with van der Waals surface area (Å²) in [5.74, 6) is 0. The lowest BCUT2D eigenvalue weighted by atomic mass is 9.66. The molecule has 3 fully saturated rings. The number of nitrogens with one attached hydrogen (secondary N) is 1. The lowest BCUT2D eigenvalue weighted by Gasteiger charge is -2.52. The smallest absolute Gasteiger partial charge is 0.0655 e. The molecule has 88 valence electrons. The van der Waals surface area contributed by atoms with E-state index < -0.39 is 0 Å². The average molecular weight is 211 g/mol. The monoisotopic (exact) mass is 211 g/mol. The molecule has 0 radical (unpaired) electrons. The minimum Gasteiger partial charge on any atom is -0.375 e. The Hall–Kier alpha value is -0.0800. The molecule has 2 heteroatoms. The zero-order valence-corrected chi connectivity index (χ0v) is 10.3. The molecule has 0 amide bonds. The highest BCUT2D eigenvalue weighted by Crippen LogP contribution is 2.48. The summed E-state index contributed by atoms with van der Waals surface area (Å²) in [7, 11) is 0. The third kappa shape index (κ3) is 2.54. The second-order valence-electron chi connectivity index (χ2n) is 5.77. The maximum atomic E-state index is 5.98. The largest absolute Gasteiger partial charge is 0.375 e. The molecule has 0 unspecified atom stereocenters. The van der Waals surface area contributed by atoms with Crippen molar-refractivity contribution in [2.75, 3.05) is 19.7 Å². The molecule has 2 nitrogen and oxygen atoms in total. The van der Waals surface area contributed by atoms with Gasteiger partial charge in [0.25, 0.3) is 0 Å². The minimum absolute atomic E-state index is 0.227. The quantitative estimate of drug-likeness (QED) is 0.706. The molecule has 0 aromatic heterocycles. The lowest BCUT2D eigenvalue weighted by molar-refractivity contribution is -0.172. The summed E-state index contributed by atoms with van der Waals surface area (Å²) in [4.78, 5) is 0. The van der Waals surface area contributed by atoms with Gasteiger partial charge in [-0.2, -0.15) is 0 Å². The van der Waals surface area contributed by atoms with E-state index >= 15 is 0 Å². The summed E-state index contributed by atoms with van der Waals surface area (Å²) in [5, 5.41) is 3.60. The van der Waals surface area contributed by atoms with Crippen LogP contribution in [0.15, 0.2) is 0 Å². The molecule has 3 rings (SSSR count). The van der Waals surface area contributed by atoms with Gasteiger partial charge in [-0.1, -0.05) is 13.3 Å². The normalized spacial score (nSPS) is 39.6. The van der Waals surface area contributed by atoms with Crippen LogP contribution in [-0.4, -0.2) is 25.3 Å². The maximum Gasteiger partial charge on any atom is 0.0655 e. The summed E-state index contributed by atoms with van der Waals surface area (Å²) >= 11 is 0. The number of rotatable bonds is 5. The van der Waals surface area contributed by atoms with Gasteiger partial charge >= 0.3 is 0 Å². The maximum absolute atomic E-state index is 5.98. The molecule has 3 aliphatic rings. The van der Waals surface area contributed by atoms with Crippen LogP contribution in [0.2, 0.25) is 0 Å². The Labute approximate surface area is 93.8 Å². The second kappa shape index (κ2) is 4.42. The lowest BCUT2D eigenvalue weighted by Crippen LogP contribution is -2.53. The molecule has 0 aromatic rings. The van der Waals surface area contributed by atoms with Crippen LogP contribution in [0.25, 0.3) is 0 Å². The van der Waals surface area contributed by atoms with Crippen LogP contribution >= 0.6 is 0 Å². The van der Waals surface area contributed by atoms with Gasteiger partial charge in [0, 0.05) is 12.0 Å². The molecular weight excluding hydrogens is 186 g/mol. The van der Waals surface area contributed by atoms with E-state index in [1.165, 1.54) is 51.6 Å². The number of ether oxygens (including phenoxy) is 1. The van der Waals surface area contributed by atoms with E-state index in [4.69, 9.17) is 4.74 Å². The first-order valence-corrected chi connectivity index (χ1v) is 6.53. The van der Waals surface area contributed by atoms with Crippen molar-refractivity contribution >= 4 is 0 Å². The number of hydrogen-bond acceptors (Lipinski definition) is 2. The fraction of sp³-hybridized carbons (Fsp3) is 1.00. The molecule has 2 bridgehead atoms. The minimum atomic E-state index is 0.227. The first kappa shape index (κ1) is 11.4. The Morgan fingerprint density at radius 1 is 1.20 bits per heavy atom. The molecule has 0 atom stereocenters. The van der Waals surface area contributed by atoms with Gasteiger partial charge in [-0.15, -0.1) is 0 Å². The second-order valence-corrected chi connectivity index (χ2v) is 5.77. The predicted octanol–water partition coefficient (Wildman–Crippen LogP) is 2.73. The van der Waals surface area contributed by atoms with Gasteiger partial charge < -0.3 is 10.1 Å². The molecule has 2 saturated heterocycles. The third-order valence-corrected chi connectivity index (χ3v) is 4.30. The van der Waals surface area contributed by atoms with Gasteiger partial charge in [-0.25, -0.2) is 0 Å². The number of hydrogen-bond donors (Lipinski definition) is 1. The Bertz CT molecular complexity index is 190. The number of fused-ring (bicyclic) bond motifs is 3. The topological polar surface area (TPSA) is 21.3 Å². The third-order valence-electron chi connectivity index (χ3n) is 4.30. The van der Waals surface area contributed by atoms with Gasteiger partial charge in [-0.05, 0) is 45.6 Å². The Kier molecular flexibility index (Phi) is 3.36. The van der Waals surface area contributed by atoms with Gasteiger partial charge in [0.1, 0.15) is 0 Å². The molecule has 1 aliphatic carbocycles. The number of unbranched alkanes of at least 4 members (excludes halogenated alkanes) is 1. The molecule has 15 heavy (non-hydrogen) atoms. The average Bonchev–Trinajstić information content (AvgIpc) is 2.27. The van der Waals surface area contributed by atoms with Crippen molar-refractivity contribution in [2.24, 2.45) is 5.41 Å². The van der Waals surface area contributed by atoms with Crippen molar-refractivity contribution in [3.63, 3.8) is 0 Å². The van der Waals surface area contributed by atoms with Crippen LogP contribution in [0.4, 0.5) is 0 Å². The highest BCUT2D eigenvalue weighted by atomic mass is 16.5. The van der Waals surface area contributed by atoms with Crippen LogP contribution in [0, 0.1) is 5.41 Å². The zero-order chi connectivity index (χ0) is 10.8. The van der Waals surface area contributed by atoms with Crippen LogP contribution in [-0.2, 0) is 4.74 Å². The Balaban J connectivity index is 1.77. The highest BCUT2D eigenvalue weighted by molar-refractivity contribution is 4.98. The summed E-state index contributed by atoms with van der Waals surface area (Å²) in [6.07, 6.45) is 7.85. The van der Waals surface area contributed by atoms with E-state index in [1.54, 1.807) is 0 Å².